The first-order valence-electron chi connectivity index (χ1n) is 6.22. The summed E-state index contributed by atoms with van der Waals surface area (Å²) in [6, 6.07) is 2.40. The van der Waals surface area contributed by atoms with E-state index in [0.29, 0.717) is 6.79 Å². The maximum absolute atomic E-state index is 6.15. The molecule has 92 valence electrons. The van der Waals surface area contributed by atoms with Crippen molar-refractivity contribution in [3.05, 3.63) is 22.8 Å². The number of aryl methyl sites for hydroxylation is 1. The summed E-state index contributed by atoms with van der Waals surface area (Å²) in [5.74, 6) is 1.86. The van der Waals surface area contributed by atoms with Crippen LogP contribution in [0.15, 0.2) is 6.07 Å². The van der Waals surface area contributed by atoms with Crippen LogP contribution in [0.4, 0.5) is 0 Å². The molecule has 1 heterocycles. The van der Waals surface area contributed by atoms with Crippen molar-refractivity contribution in [1.29, 1.82) is 0 Å². The molecule has 3 nitrogen and oxygen atoms in total. The fourth-order valence-corrected chi connectivity index (χ4v) is 2.80. The quantitative estimate of drug-likeness (QED) is 0.853. The Kier molecular flexibility index (Phi) is 2.17. The Labute approximate surface area is 102 Å². The number of fused-ring (bicyclic) bond motifs is 1. The number of nitrogens with two attached hydrogens (primary N) is 1. The standard InChI is InChI=1S/C14H19NO2/c1-8-6-11(14(4-5-14)10(3)15)13-12(9(8)2)16-7-17-13/h6,10H,4-5,7,15H2,1-3H3. The zero-order valence-electron chi connectivity index (χ0n) is 10.7. The van der Waals surface area contributed by atoms with Gasteiger partial charge in [0.2, 0.25) is 6.79 Å². The lowest BCUT2D eigenvalue weighted by atomic mass is 9.86. The molecule has 0 radical (unpaired) electrons. The monoisotopic (exact) mass is 233 g/mol. The largest absolute Gasteiger partial charge is 0.453 e. The lowest BCUT2D eigenvalue weighted by molar-refractivity contribution is 0.172. The number of rotatable bonds is 2. The minimum atomic E-state index is 0.121. The van der Waals surface area contributed by atoms with Gasteiger partial charge in [0, 0.05) is 17.0 Å². The fourth-order valence-electron chi connectivity index (χ4n) is 2.80. The van der Waals surface area contributed by atoms with E-state index < -0.39 is 0 Å². The molecule has 0 spiro atoms. The van der Waals surface area contributed by atoms with Gasteiger partial charge in [0.25, 0.3) is 0 Å². The molecule has 1 aliphatic carbocycles. The molecular weight excluding hydrogens is 214 g/mol. The van der Waals surface area contributed by atoms with Crippen molar-refractivity contribution in [1.82, 2.24) is 0 Å². The van der Waals surface area contributed by atoms with Gasteiger partial charge in [0.15, 0.2) is 11.5 Å². The van der Waals surface area contributed by atoms with Gasteiger partial charge in [0.1, 0.15) is 0 Å². The second-order valence-electron chi connectivity index (χ2n) is 5.38. The van der Waals surface area contributed by atoms with E-state index in [1.165, 1.54) is 16.7 Å². The van der Waals surface area contributed by atoms with E-state index in [9.17, 15) is 0 Å². The Bertz CT molecular complexity index is 476. The van der Waals surface area contributed by atoms with Crippen LogP contribution in [0, 0.1) is 13.8 Å². The normalized spacial score (nSPS) is 21.4. The van der Waals surface area contributed by atoms with Gasteiger partial charge in [-0.3, -0.25) is 0 Å². The van der Waals surface area contributed by atoms with Crippen LogP contribution in [0.25, 0.3) is 0 Å². The van der Waals surface area contributed by atoms with Crippen molar-refractivity contribution < 1.29 is 9.47 Å². The summed E-state index contributed by atoms with van der Waals surface area (Å²) in [7, 11) is 0. The van der Waals surface area contributed by atoms with Crippen molar-refractivity contribution in [2.75, 3.05) is 6.79 Å². The molecule has 1 unspecified atom stereocenters. The first-order chi connectivity index (χ1) is 8.06. The van der Waals surface area contributed by atoms with Crippen LogP contribution >= 0.6 is 0 Å². The van der Waals surface area contributed by atoms with Crippen LogP contribution in [0.3, 0.4) is 0 Å². The second kappa shape index (κ2) is 3.39. The Balaban J connectivity index is 2.19. The van der Waals surface area contributed by atoms with Crippen molar-refractivity contribution >= 4 is 0 Å². The van der Waals surface area contributed by atoms with Crippen molar-refractivity contribution in [2.24, 2.45) is 5.73 Å². The third kappa shape index (κ3) is 1.38. The van der Waals surface area contributed by atoms with Gasteiger partial charge >= 0.3 is 0 Å². The first-order valence-corrected chi connectivity index (χ1v) is 6.22. The first kappa shape index (κ1) is 10.9. The fraction of sp³-hybridized carbons (Fsp3) is 0.571. The topological polar surface area (TPSA) is 44.5 Å². The Morgan fingerprint density at radius 1 is 1.24 bits per heavy atom. The molecule has 1 aliphatic heterocycles. The molecule has 1 atom stereocenters. The predicted octanol–water partition coefficient (Wildman–Crippen LogP) is 2.41. The molecule has 3 heteroatoms. The Hall–Kier alpha value is -1.22. The molecule has 0 saturated heterocycles. The lowest BCUT2D eigenvalue weighted by Gasteiger charge is -2.23. The summed E-state index contributed by atoms with van der Waals surface area (Å²) >= 11 is 0. The van der Waals surface area contributed by atoms with Gasteiger partial charge in [-0.25, -0.2) is 0 Å². The van der Waals surface area contributed by atoms with Crippen molar-refractivity contribution in [2.45, 2.75) is 45.1 Å². The molecule has 17 heavy (non-hydrogen) atoms. The smallest absolute Gasteiger partial charge is 0.231 e. The van der Waals surface area contributed by atoms with E-state index in [4.69, 9.17) is 15.2 Å². The van der Waals surface area contributed by atoms with Crippen molar-refractivity contribution in [3.8, 4) is 11.5 Å². The molecule has 1 aromatic rings. The summed E-state index contributed by atoms with van der Waals surface area (Å²) in [6.45, 7) is 6.63. The highest BCUT2D eigenvalue weighted by Crippen LogP contribution is 2.56. The summed E-state index contributed by atoms with van der Waals surface area (Å²) in [4.78, 5) is 0. The summed E-state index contributed by atoms with van der Waals surface area (Å²) in [5, 5.41) is 0. The van der Waals surface area contributed by atoms with Gasteiger partial charge < -0.3 is 15.2 Å². The van der Waals surface area contributed by atoms with Crippen LogP contribution in [-0.2, 0) is 5.41 Å². The van der Waals surface area contributed by atoms with Crippen LogP contribution in [0.1, 0.15) is 36.5 Å². The van der Waals surface area contributed by atoms with E-state index in [-0.39, 0.29) is 11.5 Å². The molecule has 3 rings (SSSR count). The lowest BCUT2D eigenvalue weighted by Crippen LogP contribution is -2.31. The Morgan fingerprint density at radius 2 is 1.88 bits per heavy atom. The molecule has 0 aromatic heterocycles. The van der Waals surface area contributed by atoms with Crippen LogP contribution in [0.2, 0.25) is 0 Å². The van der Waals surface area contributed by atoms with Gasteiger partial charge in [-0.1, -0.05) is 6.07 Å². The number of hydrogen-bond acceptors (Lipinski definition) is 3. The second-order valence-corrected chi connectivity index (χ2v) is 5.38. The van der Waals surface area contributed by atoms with E-state index in [2.05, 4.69) is 26.8 Å². The van der Waals surface area contributed by atoms with Gasteiger partial charge in [-0.2, -0.15) is 0 Å². The maximum atomic E-state index is 6.15. The van der Waals surface area contributed by atoms with Gasteiger partial charge in [0.05, 0.1) is 0 Å². The highest BCUT2D eigenvalue weighted by Gasteiger charge is 2.50. The minimum Gasteiger partial charge on any atom is -0.453 e. The average molecular weight is 233 g/mol. The molecule has 0 bridgehead atoms. The maximum Gasteiger partial charge on any atom is 0.231 e. The zero-order valence-corrected chi connectivity index (χ0v) is 10.7. The highest BCUT2D eigenvalue weighted by atomic mass is 16.7. The van der Waals surface area contributed by atoms with Crippen LogP contribution < -0.4 is 15.2 Å². The summed E-state index contributed by atoms with van der Waals surface area (Å²) in [5.41, 5.74) is 9.97. The van der Waals surface area contributed by atoms with Crippen molar-refractivity contribution in [3.63, 3.8) is 0 Å². The van der Waals surface area contributed by atoms with Crippen LogP contribution in [0.5, 0.6) is 11.5 Å². The third-order valence-electron chi connectivity index (χ3n) is 4.35. The van der Waals surface area contributed by atoms with Gasteiger partial charge in [-0.05, 0) is 44.7 Å². The molecule has 2 N–H and O–H groups in total. The Morgan fingerprint density at radius 3 is 2.47 bits per heavy atom. The molecule has 1 fully saturated rings. The predicted molar refractivity (Wildman–Crippen MR) is 66.6 cm³/mol. The van der Waals surface area contributed by atoms with E-state index in [1.807, 2.05) is 0 Å². The van der Waals surface area contributed by atoms with Crippen LogP contribution in [-0.4, -0.2) is 12.8 Å². The molecule has 0 amide bonds. The molecule has 1 saturated carbocycles. The number of hydrogen-bond donors (Lipinski definition) is 1. The zero-order chi connectivity index (χ0) is 12.2. The van der Waals surface area contributed by atoms with E-state index in [0.717, 1.165) is 24.3 Å². The third-order valence-corrected chi connectivity index (χ3v) is 4.35. The van der Waals surface area contributed by atoms with E-state index in [1.54, 1.807) is 0 Å². The summed E-state index contributed by atoms with van der Waals surface area (Å²) < 4.78 is 11.3. The number of benzene rings is 1. The highest BCUT2D eigenvalue weighted by molar-refractivity contribution is 5.60. The SMILES string of the molecule is Cc1cc(C2(C(C)N)CC2)c2c(c1C)OCO2. The van der Waals surface area contributed by atoms with Gasteiger partial charge in [-0.15, -0.1) is 0 Å². The minimum absolute atomic E-state index is 0.121. The summed E-state index contributed by atoms with van der Waals surface area (Å²) in [6.07, 6.45) is 2.31. The molecule has 1 aromatic carbocycles. The molecular formula is C14H19NO2. The molecule has 2 aliphatic rings. The average Bonchev–Trinajstić information content (AvgIpc) is 2.95. The van der Waals surface area contributed by atoms with E-state index >= 15 is 0 Å². The number of ether oxygens (including phenoxy) is 2.